The number of aliphatic carboxylic acids is 1. The molecule has 0 spiro atoms. The minimum Gasteiger partial charge on any atom is -0.550 e. The summed E-state index contributed by atoms with van der Waals surface area (Å²) in [6.07, 6.45) is -10.2. The van der Waals surface area contributed by atoms with Gasteiger partial charge < -0.3 is 152 Å². The highest BCUT2D eigenvalue weighted by Gasteiger charge is 2.63. The molecule has 0 unspecified atom stereocenters. The average Bonchev–Trinajstić information content (AvgIpc) is 1.64. The van der Waals surface area contributed by atoms with E-state index in [1.807, 2.05) is 4.90 Å². The van der Waals surface area contributed by atoms with Crippen LogP contribution in [0.3, 0.4) is 0 Å². The zero-order valence-corrected chi connectivity index (χ0v) is 85.7. The van der Waals surface area contributed by atoms with Crippen LogP contribution in [0.5, 0.6) is 69.0 Å². The number of rotatable bonds is 27. The number of aliphatic hydroxyl groups excluding tert-OH is 7. The smallest absolute Gasteiger partial charge is 0.417 e. The number of hydrogen-bond acceptors (Lipinski definition) is 35. The number of carboxylic acid groups (broad SMARTS) is 1. The fourth-order valence-electron chi connectivity index (χ4n) is 19.8. The number of benzene rings is 7. The molecule has 7 aromatic rings. The van der Waals surface area contributed by atoms with Gasteiger partial charge in [-0.15, -0.1) is 14.0 Å². The molecule has 5 saturated heterocycles. The quantitative estimate of drug-likeness (QED) is 0.0168. The van der Waals surface area contributed by atoms with Crippen molar-refractivity contribution in [3.8, 4) is 80.1 Å². The Labute approximate surface area is 869 Å². The Hall–Kier alpha value is -12.1. The van der Waals surface area contributed by atoms with Crippen molar-refractivity contribution in [2.24, 2.45) is 5.92 Å². The van der Waals surface area contributed by atoms with Crippen LogP contribution in [0.2, 0.25) is 10.0 Å². The number of aliphatic hydroxyl groups is 7. The van der Waals surface area contributed by atoms with Crippen molar-refractivity contribution < 1.29 is 147 Å². The second kappa shape index (κ2) is 49.3. The van der Waals surface area contributed by atoms with Gasteiger partial charge in [-0.1, -0.05) is 106 Å². The number of likely N-dealkylation sites (N-methyl/N-ethyl adjacent to an activating group) is 1. The van der Waals surface area contributed by atoms with Crippen molar-refractivity contribution in [3.05, 3.63) is 164 Å². The summed E-state index contributed by atoms with van der Waals surface area (Å²) in [5.41, 5.74) is -2.16. The molecule has 11 heterocycles. The van der Waals surface area contributed by atoms with Crippen LogP contribution >= 0.6 is 31.1 Å². The Bertz CT molecular complexity index is 5990. The van der Waals surface area contributed by atoms with E-state index in [0.717, 1.165) is 133 Å². The molecule has 19 N–H and O–H groups in total. The lowest BCUT2D eigenvalue weighted by molar-refractivity contribution is -0.302. The first-order valence-corrected chi connectivity index (χ1v) is 52.3. The van der Waals surface area contributed by atoms with E-state index in [0.29, 0.717) is 76.6 Å². The Morgan fingerprint density at radius 3 is 1.80 bits per heavy atom. The number of nitrogens with zero attached hydrogens (tertiary/aromatic N) is 4. The highest BCUT2D eigenvalue weighted by atomic mass is 35.5. The Morgan fingerprint density at radius 2 is 1.16 bits per heavy atom. The van der Waals surface area contributed by atoms with Crippen LogP contribution in [0.25, 0.3) is 11.1 Å². The Morgan fingerprint density at radius 1 is 0.564 bits per heavy atom. The standard InChI is InChI=1S/C101H124Cl2N13O28P.C2H4O2/c1-51(2)20-11-9-7-8-10-12-21-74(121)107-83-86(124)88(126)91(99(135)136-6)143-100(83)142-90-71-44-56-45-72(90)139-67-31-26-55(42-63(67)102)84(122)82-98(134)111-80(93(129)105-32-19-33-113(4)5)61-46-57(118)47-69(140-101-89(127)87(125)85(123)73(50-117)141-101)75(61)60-41-53(24-29-65(60)119)78(95(131)112-82)108-96(132)79(56)109-97(133)81-62-48-59(49-70(76(62)103)144-145(114-34-13-14-35-114,115-36-15-16-37-115)116-38-17-18-39-116)138-68-43-54(25-30-66(68)120)77(104-3)94(130)106-64(92(128)110-81)40-52-22-27-58(137-71)28-23-52;1-2(3)4/h22-31,41-49,51,64,73,77-89,91,100-101,104,117,122-127H,7-21,32-40,50H2,1-6H3,(H10-,105,106,107,108,109,110,111,112,118,119,120,121,128,129,130,131,132,133,134);1H3,(H,3,4)/t64-,73-,77+,78-,79-,80+,81+,82+,83-,84-,85-,86-,87+,88+,89+,91+,100-,101+;/m1./s1. The number of carbonyl (C=O) groups excluding carboxylic acids is 10. The number of phenols is 3. The number of hydrogen-bond donors (Lipinski definition) is 19. The van der Waals surface area contributed by atoms with Crippen molar-refractivity contribution >= 4 is 90.3 Å². The maximum atomic E-state index is 17.4. The molecule has 0 saturated carbocycles. The van der Waals surface area contributed by atoms with Gasteiger partial charge in [0.2, 0.25) is 71.3 Å². The van der Waals surface area contributed by atoms with Crippen molar-refractivity contribution in [1.29, 1.82) is 0 Å². The van der Waals surface area contributed by atoms with Crippen LogP contribution in [0.15, 0.2) is 115 Å². The second-order valence-electron chi connectivity index (χ2n) is 38.9. The van der Waals surface area contributed by atoms with Gasteiger partial charge in [-0.05, 0) is 198 Å². The number of phenolic OH excluding ortho intramolecular Hbond substituents is 3. The van der Waals surface area contributed by atoms with Gasteiger partial charge in [0, 0.05) is 93.4 Å². The van der Waals surface area contributed by atoms with Gasteiger partial charge in [-0.2, -0.15) is 0 Å². The highest BCUT2D eigenvalue weighted by Crippen LogP contribution is 2.71. The average molecular weight is 2130 g/mol. The minimum atomic E-state index is -3.21. The highest BCUT2D eigenvalue weighted by molar-refractivity contribution is 7.64. The molecule has 0 aromatic heterocycles. The summed E-state index contributed by atoms with van der Waals surface area (Å²) in [5, 5.41) is 152. The molecule has 43 nitrogen and oxygen atoms in total. The number of esters is 1. The van der Waals surface area contributed by atoms with Gasteiger partial charge in [-0.25, -0.2) is 4.79 Å². The zero-order chi connectivity index (χ0) is 107. The number of ether oxygens (including phenoxy) is 8. The molecule has 804 valence electrons. The molecule has 18 rings (SSSR count). The number of methoxy groups -OCH3 is 1. The lowest BCUT2D eigenvalue weighted by atomic mass is 9.89. The molecule has 5 fully saturated rings. The first kappa shape index (κ1) is 111. The van der Waals surface area contributed by atoms with Crippen molar-refractivity contribution in [3.63, 3.8) is 0 Å². The Kier molecular flexibility index (Phi) is 36.8. The number of aromatic hydroxyl groups is 3. The van der Waals surface area contributed by atoms with Crippen molar-refractivity contribution in [1.82, 2.24) is 66.8 Å². The molecule has 11 aliphatic rings. The van der Waals surface area contributed by atoms with E-state index in [1.54, 1.807) is 14.1 Å². The van der Waals surface area contributed by atoms with Crippen LogP contribution in [0, 0.1) is 5.92 Å². The van der Waals surface area contributed by atoms with E-state index in [1.165, 1.54) is 73.8 Å². The fourth-order valence-corrected chi connectivity index (χ4v) is 24.6. The molecule has 46 heteroatoms. The third-order valence-corrected chi connectivity index (χ3v) is 32.0. The summed E-state index contributed by atoms with van der Waals surface area (Å²) in [6.45, 7) is 8.35. The molecule has 11 aliphatic heterocycles. The predicted molar refractivity (Wildman–Crippen MR) is 535 cm³/mol. The summed E-state index contributed by atoms with van der Waals surface area (Å²) in [4.78, 5) is 154. The van der Waals surface area contributed by atoms with Crippen LogP contribution in [-0.4, -0.2) is 290 Å². The molecule has 17 bridgehead atoms. The van der Waals surface area contributed by atoms with Gasteiger partial charge in [0.25, 0.3) is 0 Å². The monoisotopic (exact) mass is 2130 g/mol. The van der Waals surface area contributed by atoms with E-state index in [2.05, 4.69) is 75.7 Å². The number of fused-ring (bicyclic) bond motifs is 14. The van der Waals surface area contributed by atoms with E-state index >= 15 is 33.6 Å². The molecule has 149 heavy (non-hydrogen) atoms. The Balaban J connectivity index is 0.00000408. The normalized spacial score (nSPS) is 25.8. The third-order valence-electron chi connectivity index (χ3n) is 27.5. The van der Waals surface area contributed by atoms with Gasteiger partial charge in [0.1, 0.15) is 126 Å². The van der Waals surface area contributed by atoms with Crippen LogP contribution in [0.1, 0.15) is 192 Å². The second-order valence-corrected chi connectivity index (χ2v) is 42.6. The number of carbonyl (C=O) groups is 10. The van der Waals surface area contributed by atoms with Gasteiger partial charge in [-0.3, -0.25) is 42.9 Å². The topological polar surface area (TPSA) is 600 Å². The minimum absolute atomic E-state index is 0.0706. The zero-order valence-electron chi connectivity index (χ0n) is 83.2. The van der Waals surface area contributed by atoms with Crippen molar-refractivity contribution in [2.75, 3.05) is 87.2 Å². The molecule has 7 aromatic carbocycles. The maximum Gasteiger partial charge on any atom is 0.417 e. The molecular weight excluding hydrogens is 2000 g/mol. The molecule has 0 radical (unpaired) electrons. The lowest BCUT2D eigenvalue weighted by Gasteiger charge is -2.41. The third kappa shape index (κ3) is 25.5. The van der Waals surface area contributed by atoms with Crippen LogP contribution in [-0.2, 0) is 68.6 Å². The van der Waals surface area contributed by atoms with E-state index < -0.39 is 251 Å². The number of amides is 8. The molecule has 8 amide bonds. The first-order valence-electron chi connectivity index (χ1n) is 50.0. The fraction of sp³-hybridized carbons (Fsp3) is 0.495. The van der Waals surface area contributed by atoms with Gasteiger partial charge in [0.15, 0.2) is 29.1 Å². The largest absolute Gasteiger partial charge is 0.550 e. The number of nitrogens with one attached hydrogen (secondary N) is 9. The number of halogens is 2. The lowest BCUT2D eigenvalue weighted by Crippen LogP contribution is -2.66. The van der Waals surface area contributed by atoms with Gasteiger partial charge in [0.05, 0.1) is 23.8 Å². The number of unbranched alkanes of at least 4 members (excludes halogenated alkanes) is 5. The predicted octanol–water partition coefficient (Wildman–Crippen LogP) is 5.65. The van der Waals surface area contributed by atoms with E-state index in [-0.39, 0.29) is 75.4 Å². The summed E-state index contributed by atoms with van der Waals surface area (Å²) in [7, 11) is 2.83. The van der Waals surface area contributed by atoms with Crippen LogP contribution < -0.4 is 81.2 Å². The first-order chi connectivity index (χ1) is 71.3. The summed E-state index contributed by atoms with van der Waals surface area (Å²) in [6, 6.07) is 7.80. The SMILES string of the molecule is CC(=O)[O-].CN[C@@H]1C(=O)N[C@@H]2Cc3ccc(cc3)Oc3cc4cc(c3O[C@@H]3O[C@H](C(=O)OC)[C@@H](O)[C@H](O)[C@H]3NC(=O)CCCCCCCCC(C)C)Oc3ccc(cc3Cl)[C@@H](O)[C@@H]3NC(=O)[C@H](NC(=O)[C@@H]4NC(=O)[C@@H](NC2=O)c2cc(cc(O[P+](N4CCCC4)(N4CCCC4)N4CCCC4)c2Cl)Oc2cc1ccc2O)c1ccc(O)c(c1)-c1c(O[C@H]2O[C@H](CO)[C@@H](O)[C@H](O)[C@@H]2O)cc(O)cc1[C@@H](C(=O)NCCCN(C)C)NC3=O. The molecule has 18 atom stereocenters. The van der Waals surface area contributed by atoms with Gasteiger partial charge >= 0.3 is 13.9 Å². The molecule has 0 aliphatic carbocycles. The van der Waals surface area contributed by atoms with E-state index in [4.69, 9.17) is 75.5 Å². The summed E-state index contributed by atoms with van der Waals surface area (Å²) in [5.74, 6) is -16.1. The van der Waals surface area contributed by atoms with Crippen molar-refractivity contribution in [2.45, 2.75) is 233 Å². The molecular formula is C103H128Cl2N13O30P. The van der Waals surface area contributed by atoms with Crippen LogP contribution in [0.4, 0.5) is 0 Å². The summed E-state index contributed by atoms with van der Waals surface area (Å²) >= 11 is 15.5. The van der Waals surface area contributed by atoms with E-state index in [9.17, 15) is 60.7 Å². The maximum absolute atomic E-state index is 17.4. The summed E-state index contributed by atoms with van der Waals surface area (Å²) < 4.78 is 66.2. The number of carboxylic acids is 1.